The summed E-state index contributed by atoms with van der Waals surface area (Å²) in [6.07, 6.45) is -4.59. The van der Waals surface area contributed by atoms with Crippen LogP contribution in [0.2, 0.25) is 0 Å². The van der Waals surface area contributed by atoms with Crippen molar-refractivity contribution in [3.63, 3.8) is 0 Å². The van der Waals surface area contributed by atoms with Gasteiger partial charge in [-0.3, -0.25) is 4.79 Å². The largest absolute Gasteiger partial charge is 0.411 e. The number of halogens is 3. The summed E-state index contributed by atoms with van der Waals surface area (Å²) < 4.78 is 38.5. The van der Waals surface area contributed by atoms with Crippen molar-refractivity contribution in [2.45, 2.75) is 12.6 Å². The van der Waals surface area contributed by atoms with Gasteiger partial charge in [0.15, 0.2) is 0 Å². The molecule has 0 saturated carbocycles. The zero-order valence-corrected chi connectivity index (χ0v) is 7.24. The molecule has 13 heavy (non-hydrogen) atoms. The molecule has 0 saturated heterocycles. The van der Waals surface area contributed by atoms with Crippen molar-refractivity contribution in [2.24, 2.45) is 4.99 Å². The fourth-order valence-electron chi connectivity index (χ4n) is 0.454. The van der Waals surface area contributed by atoms with E-state index in [9.17, 15) is 18.0 Å². The first-order valence-corrected chi connectivity index (χ1v) is 3.62. The Morgan fingerprint density at radius 2 is 2.15 bits per heavy atom. The summed E-state index contributed by atoms with van der Waals surface area (Å²) in [7, 11) is 0. The van der Waals surface area contributed by atoms with E-state index in [1.807, 2.05) is 0 Å². The Labute approximate surface area is 77.6 Å². The Kier molecular flexibility index (Phi) is 5.45. The standard InChI is InChI=1S/C6H6F3NO2S/c7-6(8,9)3-12-2-1-5(11)10-4-13/h1-3H2. The van der Waals surface area contributed by atoms with Crippen molar-refractivity contribution in [3.05, 3.63) is 0 Å². The quantitative estimate of drug-likeness (QED) is 0.404. The second-order valence-corrected chi connectivity index (χ2v) is 2.20. The molecule has 74 valence electrons. The van der Waals surface area contributed by atoms with Crippen LogP contribution in [0.4, 0.5) is 13.2 Å². The number of aliphatic imine (C=N–C) groups is 1. The van der Waals surface area contributed by atoms with E-state index in [4.69, 9.17) is 0 Å². The van der Waals surface area contributed by atoms with Gasteiger partial charge in [-0.05, 0) is 12.2 Å². The van der Waals surface area contributed by atoms with Gasteiger partial charge in [-0.15, -0.1) is 0 Å². The molecule has 0 atom stereocenters. The summed E-state index contributed by atoms with van der Waals surface area (Å²) in [6, 6.07) is 0. The van der Waals surface area contributed by atoms with Crippen molar-refractivity contribution < 1.29 is 22.7 Å². The summed E-state index contributed by atoms with van der Waals surface area (Å²) in [6.45, 7) is -1.68. The Morgan fingerprint density at radius 1 is 1.54 bits per heavy atom. The average molecular weight is 213 g/mol. The number of rotatable bonds is 4. The highest BCUT2D eigenvalue weighted by atomic mass is 32.1. The first-order chi connectivity index (χ1) is 5.95. The van der Waals surface area contributed by atoms with Crippen LogP contribution in [0.3, 0.4) is 0 Å². The lowest BCUT2D eigenvalue weighted by Gasteiger charge is -2.05. The van der Waals surface area contributed by atoms with Crippen LogP contribution in [0.5, 0.6) is 0 Å². The van der Waals surface area contributed by atoms with E-state index in [1.54, 1.807) is 5.16 Å². The minimum absolute atomic E-state index is 0.223. The van der Waals surface area contributed by atoms with E-state index in [1.165, 1.54) is 0 Å². The van der Waals surface area contributed by atoms with E-state index < -0.39 is 18.7 Å². The zero-order valence-electron chi connectivity index (χ0n) is 6.43. The predicted octanol–water partition coefficient (Wildman–Crippen LogP) is 1.58. The normalized spacial score (nSPS) is 10.7. The molecule has 0 fully saturated rings. The van der Waals surface area contributed by atoms with Crippen molar-refractivity contribution >= 4 is 23.3 Å². The summed E-state index contributed by atoms with van der Waals surface area (Å²) >= 11 is 4.11. The van der Waals surface area contributed by atoms with Gasteiger partial charge in [0, 0.05) is 0 Å². The van der Waals surface area contributed by atoms with Crippen molar-refractivity contribution in [1.82, 2.24) is 0 Å². The SMILES string of the molecule is O=C(CCOCC(F)(F)F)N=C=S. The van der Waals surface area contributed by atoms with Gasteiger partial charge in [-0.25, -0.2) is 0 Å². The van der Waals surface area contributed by atoms with Gasteiger partial charge in [0.1, 0.15) is 6.61 Å². The molecule has 0 heterocycles. The minimum atomic E-state index is -4.36. The molecule has 0 radical (unpaired) electrons. The average Bonchev–Trinajstić information content (AvgIpc) is 1.97. The summed E-state index contributed by atoms with van der Waals surface area (Å²) in [5.74, 6) is -0.642. The molecule has 0 aliphatic rings. The van der Waals surface area contributed by atoms with Gasteiger partial charge in [0.05, 0.1) is 18.2 Å². The highest BCUT2D eigenvalue weighted by Gasteiger charge is 2.27. The Hall–Kier alpha value is -0.780. The number of ether oxygens (including phenoxy) is 1. The summed E-state index contributed by atoms with van der Waals surface area (Å²) in [5, 5.41) is 1.81. The minimum Gasteiger partial charge on any atom is -0.371 e. The van der Waals surface area contributed by atoms with Gasteiger partial charge in [0.2, 0.25) is 0 Å². The number of nitrogens with zero attached hydrogens (tertiary/aromatic N) is 1. The first kappa shape index (κ1) is 12.2. The fraction of sp³-hybridized carbons (Fsp3) is 0.667. The number of amides is 1. The van der Waals surface area contributed by atoms with Crippen molar-refractivity contribution in [1.29, 1.82) is 0 Å². The van der Waals surface area contributed by atoms with Crippen LogP contribution < -0.4 is 0 Å². The van der Waals surface area contributed by atoms with Crippen LogP contribution in [0.15, 0.2) is 4.99 Å². The fourth-order valence-corrected chi connectivity index (χ4v) is 0.556. The van der Waals surface area contributed by atoms with Crippen LogP contribution in [-0.4, -0.2) is 30.5 Å². The zero-order chi connectivity index (χ0) is 10.3. The Balaban J connectivity index is 3.47. The summed E-state index contributed by atoms with van der Waals surface area (Å²) in [5.41, 5.74) is 0. The van der Waals surface area contributed by atoms with Gasteiger partial charge < -0.3 is 4.74 Å². The molecule has 3 nitrogen and oxygen atoms in total. The third kappa shape index (κ3) is 9.13. The van der Waals surface area contributed by atoms with Gasteiger partial charge >= 0.3 is 6.18 Å². The predicted molar refractivity (Wildman–Crippen MR) is 41.5 cm³/mol. The van der Waals surface area contributed by atoms with Crippen LogP contribution in [0.25, 0.3) is 0 Å². The van der Waals surface area contributed by atoms with Crippen LogP contribution >= 0.6 is 12.2 Å². The van der Waals surface area contributed by atoms with Crippen molar-refractivity contribution in [2.75, 3.05) is 13.2 Å². The maximum Gasteiger partial charge on any atom is 0.411 e. The van der Waals surface area contributed by atoms with Crippen LogP contribution in [-0.2, 0) is 9.53 Å². The first-order valence-electron chi connectivity index (χ1n) is 3.21. The number of hydrogen-bond donors (Lipinski definition) is 0. The second-order valence-electron chi connectivity index (χ2n) is 2.01. The highest BCUT2D eigenvalue weighted by Crippen LogP contribution is 2.14. The molecule has 1 amide bonds. The molecule has 0 spiro atoms. The van der Waals surface area contributed by atoms with Gasteiger partial charge in [-0.2, -0.15) is 18.2 Å². The molecular formula is C6H6F3NO2S. The molecule has 0 aliphatic heterocycles. The van der Waals surface area contributed by atoms with Crippen LogP contribution in [0.1, 0.15) is 6.42 Å². The Bertz CT molecular complexity index is 222. The number of isothiocyanates is 1. The lowest BCUT2D eigenvalue weighted by Crippen LogP contribution is -2.18. The lowest BCUT2D eigenvalue weighted by atomic mass is 10.4. The highest BCUT2D eigenvalue weighted by molar-refractivity contribution is 7.78. The molecule has 0 aromatic carbocycles. The lowest BCUT2D eigenvalue weighted by molar-refractivity contribution is -0.174. The maximum atomic E-state index is 11.5. The molecule has 0 bridgehead atoms. The number of carbonyl (C=O) groups excluding carboxylic acids is 1. The summed E-state index contributed by atoms with van der Waals surface area (Å²) in [4.78, 5) is 13.5. The molecule has 0 aliphatic carbocycles. The molecule has 7 heteroatoms. The number of thiocarbonyl (C=S) groups is 1. The molecular weight excluding hydrogens is 207 g/mol. The second kappa shape index (κ2) is 5.80. The van der Waals surface area contributed by atoms with E-state index in [0.29, 0.717) is 0 Å². The third-order valence-electron chi connectivity index (χ3n) is 0.896. The Morgan fingerprint density at radius 3 is 2.62 bits per heavy atom. The van der Waals surface area contributed by atoms with E-state index in [0.717, 1.165) is 0 Å². The molecule has 0 N–H and O–H groups in total. The number of carbonyl (C=O) groups is 1. The van der Waals surface area contributed by atoms with Gasteiger partial charge in [-0.1, -0.05) is 0 Å². The van der Waals surface area contributed by atoms with E-state index >= 15 is 0 Å². The maximum absolute atomic E-state index is 11.5. The molecule has 0 unspecified atom stereocenters. The molecule has 0 aromatic rings. The van der Waals surface area contributed by atoms with Crippen LogP contribution in [0, 0.1) is 0 Å². The number of hydrogen-bond acceptors (Lipinski definition) is 3. The smallest absolute Gasteiger partial charge is 0.371 e. The van der Waals surface area contributed by atoms with Crippen molar-refractivity contribution in [3.8, 4) is 0 Å². The number of alkyl halides is 3. The monoisotopic (exact) mass is 213 g/mol. The van der Waals surface area contributed by atoms with E-state index in [-0.39, 0.29) is 13.0 Å². The topological polar surface area (TPSA) is 38.7 Å². The third-order valence-corrected chi connectivity index (χ3v) is 0.988. The molecule has 0 aromatic heterocycles. The van der Waals surface area contributed by atoms with E-state index in [2.05, 4.69) is 21.9 Å². The van der Waals surface area contributed by atoms with Gasteiger partial charge in [0.25, 0.3) is 5.91 Å². The molecule has 0 rings (SSSR count).